The Labute approximate surface area is 204 Å². The van der Waals surface area contributed by atoms with Gasteiger partial charge in [0.2, 0.25) is 0 Å². The fourth-order valence-corrected chi connectivity index (χ4v) is 3.37. The summed E-state index contributed by atoms with van der Waals surface area (Å²) >= 11 is 0. The number of carbonyl (C=O) groups excluding carboxylic acids is 2. The number of aromatic nitrogens is 4. The SMILES string of the molecule is C/C(=N\NC(=O)c1ccc(NC(=O)c2cccc([N+](=O)[O-])c2C)cc1)c1ccc(-n2cnnn2)cc1. The van der Waals surface area contributed by atoms with E-state index in [1.807, 2.05) is 24.3 Å². The number of tetrazole rings is 1. The van der Waals surface area contributed by atoms with Gasteiger partial charge in [0.1, 0.15) is 6.33 Å². The van der Waals surface area contributed by atoms with E-state index in [0.717, 1.165) is 11.3 Å². The van der Waals surface area contributed by atoms with Crippen LogP contribution in [0.4, 0.5) is 11.4 Å². The van der Waals surface area contributed by atoms with Gasteiger partial charge in [-0.2, -0.15) is 5.10 Å². The molecule has 0 bridgehead atoms. The number of benzene rings is 3. The molecule has 12 nitrogen and oxygen atoms in total. The third-order valence-electron chi connectivity index (χ3n) is 5.38. The van der Waals surface area contributed by atoms with Gasteiger partial charge in [0.05, 0.1) is 16.3 Å². The van der Waals surface area contributed by atoms with Gasteiger partial charge >= 0.3 is 0 Å². The lowest BCUT2D eigenvalue weighted by atomic mass is 10.1. The maximum Gasteiger partial charge on any atom is 0.273 e. The number of hydrazone groups is 1. The van der Waals surface area contributed by atoms with Gasteiger partial charge in [0.15, 0.2) is 0 Å². The van der Waals surface area contributed by atoms with Crippen LogP contribution >= 0.6 is 0 Å². The molecule has 0 fully saturated rings. The Kier molecular flexibility index (Phi) is 6.86. The second-order valence-electron chi connectivity index (χ2n) is 7.68. The number of nitro benzene ring substituents is 1. The number of anilines is 1. The Morgan fingerprint density at radius 1 is 0.972 bits per heavy atom. The first-order chi connectivity index (χ1) is 17.3. The second-order valence-corrected chi connectivity index (χ2v) is 7.68. The highest BCUT2D eigenvalue weighted by molar-refractivity contribution is 6.06. The van der Waals surface area contributed by atoms with Crippen molar-refractivity contribution in [2.24, 2.45) is 5.10 Å². The molecule has 0 atom stereocenters. The Hall–Kier alpha value is -5.26. The average Bonchev–Trinajstić information content (AvgIpc) is 3.42. The number of hydrogen-bond acceptors (Lipinski definition) is 8. The minimum atomic E-state index is -0.532. The van der Waals surface area contributed by atoms with E-state index >= 15 is 0 Å². The van der Waals surface area contributed by atoms with E-state index in [4.69, 9.17) is 0 Å². The van der Waals surface area contributed by atoms with Crippen molar-refractivity contribution >= 4 is 28.9 Å². The van der Waals surface area contributed by atoms with Crippen molar-refractivity contribution in [1.82, 2.24) is 25.6 Å². The summed E-state index contributed by atoms with van der Waals surface area (Å²) in [6.45, 7) is 3.28. The molecule has 1 heterocycles. The molecule has 0 aliphatic carbocycles. The van der Waals surface area contributed by atoms with Crippen molar-refractivity contribution in [1.29, 1.82) is 0 Å². The summed E-state index contributed by atoms with van der Waals surface area (Å²) in [5.74, 6) is -0.910. The van der Waals surface area contributed by atoms with E-state index in [1.54, 1.807) is 19.1 Å². The third-order valence-corrected chi connectivity index (χ3v) is 5.38. The van der Waals surface area contributed by atoms with E-state index in [1.165, 1.54) is 48.3 Å². The zero-order chi connectivity index (χ0) is 25.7. The Balaban J connectivity index is 1.38. The molecule has 36 heavy (non-hydrogen) atoms. The maximum absolute atomic E-state index is 12.6. The fourth-order valence-electron chi connectivity index (χ4n) is 3.37. The van der Waals surface area contributed by atoms with Crippen molar-refractivity contribution in [2.45, 2.75) is 13.8 Å². The van der Waals surface area contributed by atoms with Gasteiger partial charge in [0.25, 0.3) is 17.5 Å². The van der Waals surface area contributed by atoms with Crippen LogP contribution in [0.1, 0.15) is 38.8 Å². The zero-order valence-corrected chi connectivity index (χ0v) is 19.2. The standard InChI is InChI=1S/C24H20N8O4/c1-15-21(4-3-5-22(15)32(35)36)24(34)26-19-10-6-18(7-11-19)23(33)28-27-16(2)17-8-12-20(13-9-17)31-14-25-29-30-31/h3-14H,1-2H3,(H,26,34)(H,28,33)/b27-16+. The number of carbonyl (C=O) groups is 2. The molecular weight excluding hydrogens is 464 g/mol. The first kappa shape index (κ1) is 23.9. The van der Waals surface area contributed by atoms with Gasteiger partial charge in [0, 0.05) is 28.4 Å². The first-order valence-corrected chi connectivity index (χ1v) is 10.7. The monoisotopic (exact) mass is 484 g/mol. The molecule has 0 unspecified atom stereocenters. The summed E-state index contributed by atoms with van der Waals surface area (Å²) in [5, 5.41) is 29.0. The predicted molar refractivity (Wildman–Crippen MR) is 131 cm³/mol. The number of hydrogen-bond donors (Lipinski definition) is 2. The summed E-state index contributed by atoms with van der Waals surface area (Å²) < 4.78 is 1.52. The van der Waals surface area contributed by atoms with E-state index in [2.05, 4.69) is 31.4 Å². The van der Waals surface area contributed by atoms with Gasteiger partial charge < -0.3 is 5.32 Å². The number of nitro groups is 1. The summed E-state index contributed by atoms with van der Waals surface area (Å²) in [5.41, 5.74) is 5.81. The molecular formula is C24H20N8O4. The van der Waals surface area contributed by atoms with Crippen LogP contribution in [0.2, 0.25) is 0 Å². The Bertz CT molecular complexity index is 1450. The number of amides is 2. The molecule has 0 aliphatic rings. The first-order valence-electron chi connectivity index (χ1n) is 10.7. The van der Waals surface area contributed by atoms with Gasteiger partial charge in [-0.3, -0.25) is 19.7 Å². The molecule has 0 aliphatic heterocycles. The molecule has 0 saturated carbocycles. The highest BCUT2D eigenvalue weighted by atomic mass is 16.6. The summed E-state index contributed by atoms with van der Waals surface area (Å²) in [4.78, 5) is 35.7. The highest BCUT2D eigenvalue weighted by Crippen LogP contribution is 2.22. The fraction of sp³-hybridized carbons (Fsp3) is 0.0833. The number of nitrogens with zero attached hydrogens (tertiary/aromatic N) is 6. The maximum atomic E-state index is 12.6. The molecule has 12 heteroatoms. The molecule has 4 aromatic rings. The topological polar surface area (TPSA) is 157 Å². The van der Waals surface area contributed by atoms with E-state index in [0.29, 0.717) is 17.0 Å². The van der Waals surface area contributed by atoms with Crippen LogP contribution in [0.5, 0.6) is 0 Å². The van der Waals surface area contributed by atoms with E-state index in [9.17, 15) is 19.7 Å². The summed E-state index contributed by atoms with van der Waals surface area (Å²) in [7, 11) is 0. The molecule has 0 saturated heterocycles. The largest absolute Gasteiger partial charge is 0.322 e. The van der Waals surface area contributed by atoms with Gasteiger partial charge in [-0.1, -0.05) is 18.2 Å². The van der Waals surface area contributed by atoms with Crippen LogP contribution in [0.15, 0.2) is 78.2 Å². The summed E-state index contributed by atoms with van der Waals surface area (Å²) in [6.07, 6.45) is 1.49. The van der Waals surface area contributed by atoms with E-state index < -0.39 is 16.7 Å². The van der Waals surface area contributed by atoms with Crippen molar-refractivity contribution in [3.05, 3.63) is 105 Å². The molecule has 3 aromatic carbocycles. The quantitative estimate of drug-likeness (QED) is 0.231. The molecule has 0 spiro atoms. The molecule has 2 N–H and O–H groups in total. The number of nitrogens with one attached hydrogen (secondary N) is 2. The van der Waals surface area contributed by atoms with Crippen molar-refractivity contribution in [2.75, 3.05) is 5.32 Å². The van der Waals surface area contributed by atoms with Crippen LogP contribution < -0.4 is 10.7 Å². The van der Waals surface area contributed by atoms with Crippen molar-refractivity contribution in [3.8, 4) is 5.69 Å². The smallest absolute Gasteiger partial charge is 0.273 e. The third kappa shape index (κ3) is 5.28. The Morgan fingerprint density at radius 2 is 1.67 bits per heavy atom. The predicted octanol–water partition coefficient (Wildman–Crippen LogP) is 3.29. The minimum Gasteiger partial charge on any atom is -0.322 e. The second kappa shape index (κ2) is 10.3. The van der Waals surface area contributed by atoms with Crippen LogP contribution in [0.3, 0.4) is 0 Å². The highest BCUT2D eigenvalue weighted by Gasteiger charge is 2.18. The summed E-state index contributed by atoms with van der Waals surface area (Å²) in [6, 6.07) is 17.8. The van der Waals surface area contributed by atoms with Gasteiger partial charge in [-0.05, 0) is 72.3 Å². The van der Waals surface area contributed by atoms with E-state index in [-0.39, 0.29) is 16.8 Å². The van der Waals surface area contributed by atoms with Crippen molar-refractivity contribution in [3.63, 3.8) is 0 Å². The normalized spacial score (nSPS) is 11.1. The Morgan fingerprint density at radius 3 is 2.31 bits per heavy atom. The molecule has 4 rings (SSSR count). The molecule has 2 amide bonds. The van der Waals surface area contributed by atoms with Crippen LogP contribution in [-0.2, 0) is 0 Å². The zero-order valence-electron chi connectivity index (χ0n) is 19.2. The molecule has 1 aromatic heterocycles. The van der Waals surface area contributed by atoms with Crippen molar-refractivity contribution < 1.29 is 14.5 Å². The van der Waals surface area contributed by atoms with Crippen LogP contribution in [-0.4, -0.2) is 42.7 Å². The van der Waals surface area contributed by atoms with Crippen LogP contribution in [0.25, 0.3) is 5.69 Å². The lowest BCUT2D eigenvalue weighted by Gasteiger charge is -2.09. The average molecular weight is 484 g/mol. The molecule has 0 radical (unpaired) electrons. The molecule has 180 valence electrons. The minimum absolute atomic E-state index is 0.131. The van der Waals surface area contributed by atoms with Gasteiger partial charge in [-0.25, -0.2) is 10.1 Å². The lowest BCUT2D eigenvalue weighted by molar-refractivity contribution is -0.385. The number of rotatable bonds is 7. The van der Waals surface area contributed by atoms with Gasteiger partial charge in [-0.15, -0.1) is 5.10 Å². The van der Waals surface area contributed by atoms with Crippen LogP contribution in [0, 0.1) is 17.0 Å². The lowest BCUT2D eigenvalue weighted by Crippen LogP contribution is -2.19.